The van der Waals surface area contributed by atoms with Gasteiger partial charge in [0.05, 0.1) is 18.4 Å². The maximum atomic E-state index is 12.5. The quantitative estimate of drug-likeness (QED) is 0.180. The van der Waals surface area contributed by atoms with Crippen molar-refractivity contribution in [1.82, 2.24) is 4.57 Å². The Morgan fingerprint density at radius 2 is 1.41 bits per heavy atom. The molecule has 0 unspecified atom stereocenters. The van der Waals surface area contributed by atoms with Crippen molar-refractivity contribution >= 4 is 36.1 Å². The number of carbonyl (C=O) groups is 4. The molecule has 12 nitrogen and oxygen atoms in total. The minimum Gasteiger partial charge on any atom is -0.497 e. The second-order valence-electron chi connectivity index (χ2n) is 10.3. The molecule has 0 aliphatic carbocycles. The third-order valence-electron chi connectivity index (χ3n) is 7.05. The van der Waals surface area contributed by atoms with Gasteiger partial charge in [-0.3, -0.25) is 19.2 Å². The first kappa shape index (κ1) is 33.8. The van der Waals surface area contributed by atoms with Gasteiger partial charge in [-0.1, -0.05) is 54.7 Å². The number of pyridine rings is 1. The van der Waals surface area contributed by atoms with E-state index in [2.05, 4.69) is 6.07 Å². The van der Waals surface area contributed by atoms with E-state index < -0.39 is 61.1 Å². The van der Waals surface area contributed by atoms with Gasteiger partial charge in [-0.05, 0) is 29.3 Å². The van der Waals surface area contributed by atoms with E-state index in [1.54, 1.807) is 49.6 Å². The van der Waals surface area contributed by atoms with Gasteiger partial charge in [-0.2, -0.15) is 5.26 Å². The largest absolute Gasteiger partial charge is 0.497 e. The van der Waals surface area contributed by atoms with Crippen molar-refractivity contribution < 1.29 is 47.6 Å². The normalized spacial score (nSPS) is 20.5. The smallest absolute Gasteiger partial charge is 0.303 e. The molecule has 0 N–H and O–H groups in total. The van der Waals surface area contributed by atoms with Crippen LogP contribution < -0.4 is 4.74 Å². The molecular formula is C33H32N2O10S. The van der Waals surface area contributed by atoms with E-state index in [0.717, 1.165) is 20.8 Å². The summed E-state index contributed by atoms with van der Waals surface area (Å²) in [7, 11) is 1.55. The third-order valence-corrected chi connectivity index (χ3v) is 7.45. The molecule has 2 aromatic carbocycles. The number of nitrogens with zero attached hydrogens (tertiary/aromatic N) is 2. The first-order valence-electron chi connectivity index (χ1n) is 14.1. The molecule has 1 saturated heterocycles. The molecule has 1 aromatic heterocycles. The number of ether oxygens (including phenoxy) is 6. The Bertz CT molecular complexity index is 1720. The zero-order chi connectivity index (χ0) is 33.5. The maximum absolute atomic E-state index is 12.5. The lowest BCUT2D eigenvalue weighted by molar-refractivity contribution is -0.268. The predicted molar refractivity (Wildman–Crippen MR) is 165 cm³/mol. The average Bonchev–Trinajstić information content (AvgIpc) is 3.01. The second kappa shape index (κ2) is 14.8. The van der Waals surface area contributed by atoms with Crippen LogP contribution in [-0.4, -0.2) is 66.6 Å². The molecule has 3 aromatic rings. The lowest BCUT2D eigenvalue weighted by Crippen LogP contribution is -2.60. The number of hydrogen-bond acceptors (Lipinski definition) is 12. The van der Waals surface area contributed by atoms with E-state index in [-0.39, 0.29) is 10.2 Å². The topological polar surface area (TPSA) is 152 Å². The standard InChI is InChI=1S/C33H32N2O10S/c1-18(36)41-17-28-29(42-19(2)37)30(43-20(3)38)31(44-21(4)39)32(45-28)35-27(23-9-7-6-8-10-23)15-25(26(16-34)33(35)46)22-11-13-24(40-5)14-12-22/h6-15,28-32H,17H2,1-5H3/t28-,29+,30-,31-,32+/m0/s1. The summed E-state index contributed by atoms with van der Waals surface area (Å²) in [5.74, 6) is -2.32. The van der Waals surface area contributed by atoms with Crippen molar-refractivity contribution in [3.8, 4) is 34.2 Å². The highest BCUT2D eigenvalue weighted by atomic mass is 32.1. The highest BCUT2D eigenvalue weighted by Crippen LogP contribution is 2.40. The number of nitriles is 1. The van der Waals surface area contributed by atoms with Crippen molar-refractivity contribution in [1.29, 1.82) is 5.26 Å². The fourth-order valence-electron chi connectivity index (χ4n) is 5.23. The number of rotatable bonds is 9. The summed E-state index contributed by atoms with van der Waals surface area (Å²) in [6.07, 6.45) is -6.80. The van der Waals surface area contributed by atoms with Crippen LogP contribution in [0, 0.1) is 16.0 Å². The highest BCUT2D eigenvalue weighted by molar-refractivity contribution is 7.71. The Kier molecular flexibility index (Phi) is 10.9. The summed E-state index contributed by atoms with van der Waals surface area (Å²) >= 11 is 5.95. The number of aromatic nitrogens is 1. The highest BCUT2D eigenvalue weighted by Gasteiger charge is 2.53. The van der Waals surface area contributed by atoms with Crippen LogP contribution >= 0.6 is 12.2 Å². The van der Waals surface area contributed by atoms with Crippen LogP contribution in [-0.2, 0) is 42.9 Å². The molecule has 0 radical (unpaired) electrons. The lowest BCUT2D eigenvalue weighted by Gasteiger charge is -2.45. The van der Waals surface area contributed by atoms with Gasteiger partial charge < -0.3 is 33.0 Å². The van der Waals surface area contributed by atoms with Crippen LogP contribution in [0.5, 0.6) is 5.75 Å². The first-order valence-corrected chi connectivity index (χ1v) is 14.6. The number of benzene rings is 2. The zero-order valence-corrected chi connectivity index (χ0v) is 26.6. The SMILES string of the molecule is COc1ccc(-c2cc(-c3ccccc3)n([C@@H]3O[C@@H](COC(C)=O)[C@@H](OC(C)=O)[C@H](OC(C)=O)[C@@H]3OC(C)=O)c(=S)c2C#N)cc1. The van der Waals surface area contributed by atoms with Crippen LogP contribution in [0.4, 0.5) is 0 Å². The molecule has 5 atom stereocenters. The fourth-order valence-corrected chi connectivity index (χ4v) is 5.58. The molecule has 0 bridgehead atoms. The van der Waals surface area contributed by atoms with Crippen molar-refractivity contribution in [2.45, 2.75) is 58.3 Å². The molecule has 0 amide bonds. The van der Waals surface area contributed by atoms with Gasteiger partial charge in [0, 0.05) is 33.3 Å². The zero-order valence-electron chi connectivity index (χ0n) is 25.8. The number of hydrogen-bond donors (Lipinski definition) is 0. The number of esters is 4. The van der Waals surface area contributed by atoms with Crippen molar-refractivity contribution in [2.24, 2.45) is 0 Å². The predicted octanol–water partition coefficient (Wildman–Crippen LogP) is 4.69. The van der Waals surface area contributed by atoms with E-state index in [9.17, 15) is 24.4 Å². The van der Waals surface area contributed by atoms with E-state index in [0.29, 0.717) is 28.1 Å². The Labute approximate surface area is 270 Å². The molecule has 1 fully saturated rings. The lowest BCUT2D eigenvalue weighted by atomic mass is 9.95. The van der Waals surface area contributed by atoms with E-state index in [1.807, 2.05) is 18.2 Å². The van der Waals surface area contributed by atoms with Crippen LogP contribution in [0.25, 0.3) is 22.4 Å². The maximum Gasteiger partial charge on any atom is 0.303 e. The van der Waals surface area contributed by atoms with E-state index in [1.165, 1.54) is 11.5 Å². The molecule has 0 spiro atoms. The van der Waals surface area contributed by atoms with Gasteiger partial charge in [0.1, 0.15) is 29.2 Å². The Hall–Kier alpha value is -5.06. The summed E-state index contributed by atoms with van der Waals surface area (Å²) in [6.45, 7) is 4.20. The van der Waals surface area contributed by atoms with Crippen molar-refractivity contribution in [2.75, 3.05) is 13.7 Å². The average molecular weight is 649 g/mol. The molecule has 1 aliphatic rings. The van der Waals surface area contributed by atoms with Crippen LogP contribution in [0.3, 0.4) is 0 Å². The first-order chi connectivity index (χ1) is 21.9. The van der Waals surface area contributed by atoms with Gasteiger partial charge in [0.2, 0.25) is 0 Å². The minimum atomic E-state index is -1.44. The monoisotopic (exact) mass is 648 g/mol. The van der Waals surface area contributed by atoms with Gasteiger partial charge in [-0.25, -0.2) is 0 Å². The molecular weight excluding hydrogens is 616 g/mol. The van der Waals surface area contributed by atoms with Gasteiger partial charge in [0.15, 0.2) is 24.5 Å². The third kappa shape index (κ3) is 7.59. The molecule has 0 saturated carbocycles. The number of methoxy groups -OCH3 is 1. The molecule has 2 heterocycles. The molecule has 46 heavy (non-hydrogen) atoms. The minimum absolute atomic E-state index is 0.00979. The molecule has 240 valence electrons. The van der Waals surface area contributed by atoms with E-state index >= 15 is 0 Å². The fraction of sp³-hybridized carbons (Fsp3) is 0.333. The Balaban J connectivity index is 2.04. The summed E-state index contributed by atoms with van der Waals surface area (Å²) in [6, 6.07) is 20.1. The summed E-state index contributed by atoms with van der Waals surface area (Å²) < 4.78 is 35.3. The van der Waals surface area contributed by atoms with Crippen molar-refractivity contribution in [3.63, 3.8) is 0 Å². The van der Waals surface area contributed by atoms with E-state index in [4.69, 9.17) is 40.6 Å². The van der Waals surface area contributed by atoms with Crippen LogP contribution in [0.15, 0.2) is 60.7 Å². The van der Waals surface area contributed by atoms with Crippen LogP contribution in [0.2, 0.25) is 0 Å². The molecule has 1 aliphatic heterocycles. The summed E-state index contributed by atoms with van der Waals surface area (Å²) in [4.78, 5) is 48.9. The van der Waals surface area contributed by atoms with Gasteiger partial charge in [0.25, 0.3) is 0 Å². The number of carbonyl (C=O) groups excluding carboxylic acids is 4. The molecule has 4 rings (SSSR count). The van der Waals surface area contributed by atoms with Gasteiger partial charge in [-0.15, -0.1) is 0 Å². The van der Waals surface area contributed by atoms with Crippen molar-refractivity contribution in [3.05, 3.63) is 70.9 Å². The Morgan fingerprint density at radius 1 is 0.826 bits per heavy atom. The summed E-state index contributed by atoms with van der Waals surface area (Å²) in [5.41, 5.74) is 2.40. The second-order valence-corrected chi connectivity index (χ2v) is 10.7. The van der Waals surface area contributed by atoms with Crippen LogP contribution in [0.1, 0.15) is 39.5 Å². The Morgan fingerprint density at radius 3 is 1.96 bits per heavy atom. The molecule has 13 heteroatoms. The summed E-state index contributed by atoms with van der Waals surface area (Å²) in [5, 5.41) is 10.4. The van der Waals surface area contributed by atoms with Gasteiger partial charge >= 0.3 is 23.9 Å².